The largest absolute Gasteiger partial charge is 0.491 e. The van der Waals surface area contributed by atoms with E-state index in [9.17, 15) is 35.2 Å². The zero-order chi connectivity index (χ0) is 24.2. The molecule has 1 saturated carbocycles. The molecule has 0 saturated heterocycles. The van der Waals surface area contributed by atoms with Gasteiger partial charge in [0, 0.05) is 17.9 Å². The molecule has 1 aliphatic rings. The summed E-state index contributed by atoms with van der Waals surface area (Å²) in [6.07, 6.45) is -2.88. The summed E-state index contributed by atoms with van der Waals surface area (Å²) in [7, 11) is -4.02. The van der Waals surface area contributed by atoms with Gasteiger partial charge in [-0.2, -0.15) is 23.0 Å². The van der Waals surface area contributed by atoms with E-state index in [1.54, 1.807) is 0 Å². The third kappa shape index (κ3) is 4.41. The van der Waals surface area contributed by atoms with Crippen molar-refractivity contribution in [3.63, 3.8) is 0 Å². The Morgan fingerprint density at radius 1 is 1.21 bits per heavy atom. The topological polar surface area (TPSA) is 91.2 Å². The van der Waals surface area contributed by atoms with Crippen LogP contribution in [0, 0.1) is 5.92 Å². The first kappa shape index (κ1) is 23.1. The molecule has 0 N–H and O–H groups in total. The number of ether oxygens (including phenoxy) is 1. The molecule has 1 atom stereocenters. The van der Waals surface area contributed by atoms with E-state index in [4.69, 9.17) is 4.74 Å². The predicted molar refractivity (Wildman–Crippen MR) is 106 cm³/mol. The summed E-state index contributed by atoms with van der Waals surface area (Å²) in [5.74, 6) is -4.77. The maximum atomic E-state index is 13.1. The molecular weight excluding hydrogens is 473 g/mol. The Bertz CT molecular complexity index is 1400. The molecule has 2 aromatic heterocycles. The number of benzene rings is 1. The van der Waals surface area contributed by atoms with Crippen LogP contribution in [0.15, 0.2) is 46.3 Å². The Morgan fingerprint density at radius 2 is 1.91 bits per heavy atom. The summed E-state index contributed by atoms with van der Waals surface area (Å²) >= 11 is 0. The van der Waals surface area contributed by atoms with Crippen molar-refractivity contribution in [2.75, 3.05) is 12.4 Å². The Morgan fingerprint density at radius 3 is 2.52 bits per heavy atom. The average Bonchev–Trinajstić information content (AvgIpc) is 3.38. The van der Waals surface area contributed by atoms with Crippen LogP contribution in [0.5, 0.6) is 5.75 Å². The van der Waals surface area contributed by atoms with Crippen LogP contribution < -0.4 is 10.3 Å². The summed E-state index contributed by atoms with van der Waals surface area (Å²) in [4.78, 5) is 16.4. The van der Waals surface area contributed by atoms with Gasteiger partial charge in [0.2, 0.25) is 0 Å². The van der Waals surface area contributed by atoms with E-state index < -0.39 is 55.4 Å². The predicted octanol–water partition coefficient (Wildman–Crippen LogP) is 3.63. The van der Waals surface area contributed by atoms with Crippen LogP contribution in [0.3, 0.4) is 0 Å². The summed E-state index contributed by atoms with van der Waals surface area (Å²) < 4.78 is 96.6. The number of nitrogens with zero attached hydrogens (tertiary/aromatic N) is 3. The first-order chi connectivity index (χ1) is 15.3. The number of alkyl halides is 5. The average molecular weight is 489 g/mol. The van der Waals surface area contributed by atoms with Gasteiger partial charge in [-0.1, -0.05) is 13.0 Å². The molecule has 0 bridgehead atoms. The highest BCUT2D eigenvalue weighted by atomic mass is 32.2. The second-order valence-electron chi connectivity index (χ2n) is 7.53. The van der Waals surface area contributed by atoms with Crippen LogP contribution in [0.25, 0.3) is 16.6 Å². The quantitative estimate of drug-likeness (QED) is 0.492. The van der Waals surface area contributed by atoms with Crippen LogP contribution in [-0.4, -0.2) is 41.5 Å². The molecular formula is C20H16F5N3O4S. The first-order valence-corrected chi connectivity index (χ1v) is 11.3. The lowest BCUT2D eigenvalue weighted by atomic mass is 10.1. The van der Waals surface area contributed by atoms with E-state index in [0.29, 0.717) is 10.7 Å². The van der Waals surface area contributed by atoms with E-state index in [2.05, 4.69) is 10.1 Å². The van der Waals surface area contributed by atoms with Gasteiger partial charge in [-0.25, -0.2) is 22.2 Å². The number of hydrogen-bond donors (Lipinski definition) is 0. The first-order valence-electron chi connectivity index (χ1n) is 9.66. The normalized spacial score (nSPS) is 17.8. The molecule has 176 valence electrons. The minimum atomic E-state index is -4.69. The number of fused-ring (bicyclic) bond motifs is 1. The molecule has 3 aromatic rings. The third-order valence-corrected chi connectivity index (χ3v) is 6.98. The van der Waals surface area contributed by atoms with Crippen molar-refractivity contribution < 1.29 is 35.1 Å². The highest BCUT2D eigenvalue weighted by molar-refractivity contribution is 7.91. The Kier molecular flexibility index (Phi) is 5.42. The molecule has 33 heavy (non-hydrogen) atoms. The fourth-order valence-electron chi connectivity index (χ4n) is 3.16. The minimum Gasteiger partial charge on any atom is -0.491 e. The van der Waals surface area contributed by atoms with E-state index in [1.165, 1.54) is 6.92 Å². The number of sulfone groups is 1. The fourth-order valence-corrected chi connectivity index (χ4v) is 4.18. The summed E-state index contributed by atoms with van der Waals surface area (Å²) in [5.41, 5.74) is -2.07. The van der Waals surface area contributed by atoms with Gasteiger partial charge in [-0.05, 0) is 12.1 Å². The van der Waals surface area contributed by atoms with Gasteiger partial charge in [-0.15, -0.1) is 0 Å². The van der Waals surface area contributed by atoms with Crippen molar-refractivity contribution in [3.8, 4) is 11.6 Å². The summed E-state index contributed by atoms with van der Waals surface area (Å²) in [6.45, 7) is 0.984. The minimum absolute atomic E-state index is 0.110. The van der Waals surface area contributed by atoms with Gasteiger partial charge in [0.1, 0.15) is 10.6 Å². The van der Waals surface area contributed by atoms with Gasteiger partial charge >= 0.3 is 6.18 Å². The standard InChI is InChI=1S/C20H16F5N3O4S/c1-2-33(30,31)16-6-14(32-10-13-7-19(13,21)22)9-26-17(16)28-18(29)15-5-12(20(23,24)25)4-3-11(15)8-27-28/h3-6,8-9,13H,2,7,10H2,1H3. The highest BCUT2D eigenvalue weighted by Gasteiger charge is 2.57. The van der Waals surface area contributed by atoms with Gasteiger partial charge in [0.15, 0.2) is 15.7 Å². The van der Waals surface area contributed by atoms with Crippen LogP contribution in [0.4, 0.5) is 22.0 Å². The van der Waals surface area contributed by atoms with Gasteiger partial charge < -0.3 is 4.74 Å². The van der Waals surface area contributed by atoms with Gasteiger partial charge in [0.05, 0.1) is 41.6 Å². The molecule has 0 radical (unpaired) electrons. The molecule has 1 fully saturated rings. The van der Waals surface area contributed by atoms with Crippen molar-refractivity contribution in [2.24, 2.45) is 5.92 Å². The smallest absolute Gasteiger partial charge is 0.416 e. The molecule has 0 amide bonds. The lowest BCUT2D eigenvalue weighted by Crippen LogP contribution is -2.25. The zero-order valence-electron chi connectivity index (χ0n) is 16.9. The second kappa shape index (κ2) is 7.75. The number of hydrogen-bond acceptors (Lipinski definition) is 6. The van der Waals surface area contributed by atoms with E-state index in [1.807, 2.05) is 0 Å². The fraction of sp³-hybridized carbons (Fsp3) is 0.350. The zero-order valence-corrected chi connectivity index (χ0v) is 17.8. The molecule has 0 aliphatic heterocycles. The van der Waals surface area contributed by atoms with Crippen molar-refractivity contribution >= 4 is 20.6 Å². The summed E-state index contributed by atoms with van der Waals surface area (Å²) in [6, 6.07) is 3.57. The van der Waals surface area contributed by atoms with Crippen molar-refractivity contribution in [3.05, 3.63) is 52.6 Å². The Hall–Kier alpha value is -3.09. The molecule has 2 heterocycles. The molecule has 13 heteroatoms. The van der Waals surface area contributed by atoms with Crippen LogP contribution in [0.1, 0.15) is 18.9 Å². The van der Waals surface area contributed by atoms with E-state index in [-0.39, 0.29) is 29.5 Å². The summed E-state index contributed by atoms with van der Waals surface area (Å²) in [5, 5.41) is 3.65. The third-order valence-electron chi connectivity index (χ3n) is 5.25. The van der Waals surface area contributed by atoms with Crippen molar-refractivity contribution in [1.82, 2.24) is 14.8 Å². The number of pyridine rings is 1. The van der Waals surface area contributed by atoms with Crippen molar-refractivity contribution in [2.45, 2.75) is 30.3 Å². The molecule has 1 aromatic carbocycles. The van der Waals surface area contributed by atoms with Crippen molar-refractivity contribution in [1.29, 1.82) is 0 Å². The van der Waals surface area contributed by atoms with Crippen LogP contribution in [-0.2, 0) is 16.0 Å². The Labute approximate surface area is 183 Å². The maximum Gasteiger partial charge on any atom is 0.416 e. The van der Waals surface area contributed by atoms with E-state index in [0.717, 1.165) is 30.6 Å². The maximum absolute atomic E-state index is 13.1. The van der Waals surface area contributed by atoms with Crippen LogP contribution in [0.2, 0.25) is 0 Å². The number of rotatable bonds is 6. The van der Waals surface area contributed by atoms with E-state index >= 15 is 0 Å². The van der Waals surface area contributed by atoms with Gasteiger partial charge in [-0.3, -0.25) is 4.79 Å². The molecule has 7 nitrogen and oxygen atoms in total. The molecule has 4 rings (SSSR count). The molecule has 1 aliphatic carbocycles. The molecule has 1 unspecified atom stereocenters. The monoisotopic (exact) mass is 489 g/mol. The number of halogens is 5. The van der Waals surface area contributed by atoms with Crippen LogP contribution >= 0.6 is 0 Å². The lowest BCUT2D eigenvalue weighted by Gasteiger charge is -2.13. The lowest BCUT2D eigenvalue weighted by molar-refractivity contribution is -0.137. The highest BCUT2D eigenvalue weighted by Crippen LogP contribution is 2.48. The number of aromatic nitrogens is 3. The second-order valence-corrected chi connectivity index (χ2v) is 9.78. The van der Waals surface area contributed by atoms with Gasteiger partial charge in [0.25, 0.3) is 11.5 Å². The SMILES string of the molecule is CCS(=O)(=O)c1cc(OCC2CC2(F)F)cnc1-n1ncc2ccc(C(F)(F)F)cc2c1=O. The Balaban J connectivity index is 1.82. The molecule has 0 spiro atoms.